The van der Waals surface area contributed by atoms with Gasteiger partial charge in [-0.05, 0) is 79.6 Å². The van der Waals surface area contributed by atoms with Crippen molar-refractivity contribution in [3.8, 4) is 0 Å². The summed E-state index contributed by atoms with van der Waals surface area (Å²) in [5.41, 5.74) is 2.74. The molecule has 7 rings (SSSR count). The Hall–Kier alpha value is -5.00. The second-order valence-electron chi connectivity index (χ2n) is 13.1. The van der Waals surface area contributed by atoms with Crippen molar-refractivity contribution in [1.82, 2.24) is 20.0 Å². The topological polar surface area (TPSA) is 133 Å². The van der Waals surface area contributed by atoms with Crippen LogP contribution in [0.4, 0.5) is 5.69 Å². The van der Waals surface area contributed by atoms with Gasteiger partial charge in [-0.25, -0.2) is 0 Å². The molecule has 11 heteroatoms. The van der Waals surface area contributed by atoms with Crippen molar-refractivity contribution in [3.05, 3.63) is 98.6 Å². The van der Waals surface area contributed by atoms with Crippen LogP contribution in [0.1, 0.15) is 86.0 Å². The molecule has 0 bridgehead atoms. The normalized spacial score (nSPS) is 15.9. The van der Waals surface area contributed by atoms with E-state index in [0.717, 1.165) is 42.1 Å². The third-order valence-electron chi connectivity index (χ3n) is 9.80. The van der Waals surface area contributed by atoms with E-state index in [9.17, 15) is 29.3 Å². The number of amides is 4. The fraction of sp³-hybridized carbons (Fsp3) is 0.351. The van der Waals surface area contributed by atoms with E-state index in [1.165, 1.54) is 21.9 Å². The Labute approximate surface area is 277 Å². The quantitative estimate of drug-likeness (QED) is 0.0888. The number of rotatable bonds is 13. The molecule has 1 fully saturated rings. The van der Waals surface area contributed by atoms with E-state index in [4.69, 9.17) is 0 Å². The van der Waals surface area contributed by atoms with Crippen LogP contribution in [-0.4, -0.2) is 88.6 Å². The zero-order chi connectivity index (χ0) is 33.7. The smallest absolute Gasteiger partial charge is 0.277 e. The van der Waals surface area contributed by atoms with Crippen LogP contribution in [0.15, 0.2) is 60.7 Å². The van der Waals surface area contributed by atoms with Crippen LogP contribution in [-0.2, 0) is 0 Å². The van der Waals surface area contributed by atoms with Crippen LogP contribution in [0.2, 0.25) is 0 Å². The van der Waals surface area contributed by atoms with Gasteiger partial charge < -0.3 is 5.32 Å². The lowest BCUT2D eigenvalue weighted by Gasteiger charge is -2.31. The molecule has 246 valence electrons. The van der Waals surface area contributed by atoms with Gasteiger partial charge in [0.15, 0.2) is 0 Å². The number of nitrogens with zero attached hydrogens (tertiary/aromatic N) is 4. The Kier molecular flexibility index (Phi) is 8.26. The summed E-state index contributed by atoms with van der Waals surface area (Å²) >= 11 is 0. The molecule has 0 aromatic heterocycles. The summed E-state index contributed by atoms with van der Waals surface area (Å²) in [6, 6.07) is 17.5. The van der Waals surface area contributed by atoms with Gasteiger partial charge in [0.05, 0.1) is 10.3 Å². The first-order valence-corrected chi connectivity index (χ1v) is 16.6. The molecule has 0 atom stereocenters. The molecule has 1 aliphatic carbocycles. The number of hydrogen-bond donors (Lipinski definition) is 1. The predicted molar refractivity (Wildman–Crippen MR) is 181 cm³/mol. The Balaban J connectivity index is 0.930. The summed E-state index contributed by atoms with van der Waals surface area (Å²) in [5, 5.41) is 17.2. The molecular weight excluding hydrogens is 610 g/mol. The molecular formula is C37H37N5O6. The summed E-state index contributed by atoms with van der Waals surface area (Å²) in [6.45, 7) is 7.15. The highest BCUT2D eigenvalue weighted by molar-refractivity contribution is 6.27. The number of benzene rings is 4. The first kappa shape index (κ1) is 31.6. The summed E-state index contributed by atoms with van der Waals surface area (Å²) in [7, 11) is 0. The van der Waals surface area contributed by atoms with Gasteiger partial charge >= 0.3 is 0 Å². The molecule has 1 N–H and O–H groups in total. The fourth-order valence-electron chi connectivity index (χ4n) is 7.24. The molecule has 2 heterocycles. The minimum Gasteiger partial charge on any atom is -0.315 e. The third kappa shape index (κ3) is 5.42. The maximum Gasteiger partial charge on any atom is 0.277 e. The molecule has 11 nitrogen and oxygen atoms in total. The Morgan fingerprint density at radius 1 is 0.750 bits per heavy atom. The van der Waals surface area contributed by atoms with E-state index in [-0.39, 0.29) is 46.5 Å². The first-order chi connectivity index (χ1) is 23.2. The van der Waals surface area contributed by atoms with Crippen LogP contribution in [0.25, 0.3) is 21.5 Å². The molecule has 48 heavy (non-hydrogen) atoms. The Bertz CT molecular complexity index is 1970. The van der Waals surface area contributed by atoms with Crippen LogP contribution in [0.3, 0.4) is 0 Å². The zero-order valence-electron chi connectivity index (χ0n) is 27.0. The van der Waals surface area contributed by atoms with Crippen LogP contribution >= 0.6 is 0 Å². The minimum atomic E-state index is -0.507. The van der Waals surface area contributed by atoms with E-state index in [1.807, 2.05) is 30.3 Å². The number of nitrogens with one attached hydrogen (secondary N) is 1. The number of nitro benzene ring substituents is 1. The van der Waals surface area contributed by atoms with E-state index >= 15 is 0 Å². The summed E-state index contributed by atoms with van der Waals surface area (Å²) < 4.78 is 0. The SMILES string of the molecule is CC(C)c1ccc2c3c(cccc13)C(=O)N(CCN(CCCNCCN1C(=O)c3cccc4c([N+](=O)[O-])ccc(c34)C1=O)C1CC1)C2=O. The zero-order valence-corrected chi connectivity index (χ0v) is 27.0. The van der Waals surface area contributed by atoms with Gasteiger partial charge in [-0.3, -0.25) is 44.0 Å². The number of carbonyl (C=O) groups excluding carboxylic acids is 4. The van der Waals surface area contributed by atoms with Crippen molar-refractivity contribution in [1.29, 1.82) is 0 Å². The molecule has 1 saturated carbocycles. The predicted octanol–water partition coefficient (Wildman–Crippen LogP) is 5.36. The standard InChI is InChI=1S/C37H37N5O6/c1-22(2)24-12-13-29-32-25(24)6-3-8-27(32)35(44)41(37(29)46)21-20-39(23-10-11-23)18-5-16-38-17-19-40-34(43)28-9-4-7-26-31(42(47)48)15-14-30(33(26)28)36(40)45/h3-4,6-9,12-15,22-23,38H,5,10-11,16-21H2,1-2H3. The van der Waals surface area contributed by atoms with E-state index < -0.39 is 16.7 Å². The second kappa shape index (κ2) is 12.6. The van der Waals surface area contributed by atoms with Gasteiger partial charge in [0, 0.05) is 71.3 Å². The average Bonchev–Trinajstić information content (AvgIpc) is 3.92. The van der Waals surface area contributed by atoms with Crippen molar-refractivity contribution in [2.24, 2.45) is 0 Å². The van der Waals surface area contributed by atoms with Crippen LogP contribution < -0.4 is 5.32 Å². The van der Waals surface area contributed by atoms with Gasteiger partial charge in [0.1, 0.15) is 0 Å². The molecule has 0 spiro atoms. The number of imide groups is 2. The van der Waals surface area contributed by atoms with Crippen molar-refractivity contribution in [2.75, 3.05) is 39.3 Å². The highest BCUT2D eigenvalue weighted by Gasteiger charge is 2.36. The lowest BCUT2D eigenvalue weighted by atomic mass is 9.88. The number of hydrogen-bond acceptors (Lipinski definition) is 8. The maximum absolute atomic E-state index is 13.6. The van der Waals surface area contributed by atoms with Crippen molar-refractivity contribution >= 4 is 50.9 Å². The van der Waals surface area contributed by atoms with Crippen molar-refractivity contribution in [2.45, 2.75) is 45.1 Å². The number of carbonyl (C=O) groups is 4. The average molecular weight is 648 g/mol. The van der Waals surface area contributed by atoms with E-state index in [2.05, 4.69) is 24.1 Å². The van der Waals surface area contributed by atoms with Crippen molar-refractivity contribution < 1.29 is 24.1 Å². The van der Waals surface area contributed by atoms with Crippen LogP contribution in [0.5, 0.6) is 0 Å². The lowest BCUT2D eigenvalue weighted by Crippen LogP contribution is -2.45. The van der Waals surface area contributed by atoms with Gasteiger partial charge in [-0.1, -0.05) is 38.1 Å². The second-order valence-corrected chi connectivity index (χ2v) is 13.1. The first-order valence-electron chi connectivity index (χ1n) is 16.6. The molecule has 4 aromatic rings. The summed E-state index contributed by atoms with van der Waals surface area (Å²) in [6.07, 6.45) is 2.99. The molecule has 4 aromatic carbocycles. The molecule has 3 aliphatic rings. The van der Waals surface area contributed by atoms with E-state index in [1.54, 1.807) is 18.2 Å². The Morgan fingerprint density at radius 3 is 1.92 bits per heavy atom. The number of non-ortho nitro benzene ring substituents is 1. The highest BCUT2D eigenvalue weighted by Crippen LogP contribution is 2.36. The van der Waals surface area contributed by atoms with Gasteiger partial charge in [-0.2, -0.15) is 0 Å². The Morgan fingerprint density at radius 2 is 1.31 bits per heavy atom. The molecule has 2 aliphatic heterocycles. The minimum absolute atomic E-state index is 0.135. The van der Waals surface area contributed by atoms with E-state index in [0.29, 0.717) is 48.7 Å². The maximum atomic E-state index is 13.6. The summed E-state index contributed by atoms with van der Waals surface area (Å²) in [5.74, 6) is -1.12. The molecule has 4 amide bonds. The third-order valence-corrected chi connectivity index (χ3v) is 9.80. The largest absolute Gasteiger partial charge is 0.315 e. The highest BCUT2D eigenvalue weighted by atomic mass is 16.6. The van der Waals surface area contributed by atoms with Gasteiger partial charge in [-0.15, -0.1) is 0 Å². The number of nitro groups is 1. The van der Waals surface area contributed by atoms with Crippen molar-refractivity contribution in [3.63, 3.8) is 0 Å². The molecule has 0 radical (unpaired) electrons. The van der Waals surface area contributed by atoms with Gasteiger partial charge in [0.25, 0.3) is 29.3 Å². The fourth-order valence-corrected chi connectivity index (χ4v) is 7.24. The van der Waals surface area contributed by atoms with Gasteiger partial charge in [0.2, 0.25) is 0 Å². The van der Waals surface area contributed by atoms with Crippen LogP contribution in [0, 0.1) is 10.1 Å². The molecule has 0 unspecified atom stereocenters. The molecule has 0 saturated heterocycles. The summed E-state index contributed by atoms with van der Waals surface area (Å²) in [4.78, 5) is 69.5. The lowest BCUT2D eigenvalue weighted by molar-refractivity contribution is -0.383. The monoisotopic (exact) mass is 647 g/mol.